The quantitative estimate of drug-likeness (QED) is 0.684. The molecule has 4 atom stereocenters. The van der Waals surface area contributed by atoms with Crippen molar-refractivity contribution in [2.45, 2.75) is 39.0 Å². The van der Waals surface area contributed by atoms with Crippen molar-refractivity contribution in [2.75, 3.05) is 13.2 Å². The van der Waals surface area contributed by atoms with Gasteiger partial charge in [0.2, 0.25) is 5.91 Å². The van der Waals surface area contributed by atoms with Crippen LogP contribution < -0.4 is 0 Å². The van der Waals surface area contributed by atoms with E-state index < -0.39 is 24.0 Å². The maximum Gasteiger partial charge on any atom is 0.416 e. The summed E-state index contributed by atoms with van der Waals surface area (Å²) >= 11 is 0. The predicted molar refractivity (Wildman–Crippen MR) is 113 cm³/mol. The van der Waals surface area contributed by atoms with Crippen LogP contribution in [-0.2, 0) is 27.3 Å². The molecule has 0 radical (unpaired) electrons. The number of rotatable bonds is 9. The fourth-order valence-corrected chi connectivity index (χ4v) is 3.66. The monoisotopic (exact) mass is 411 g/mol. The van der Waals surface area contributed by atoms with Crippen LogP contribution in [-0.4, -0.2) is 47.4 Å². The van der Waals surface area contributed by atoms with Crippen LogP contribution in [0, 0.1) is 11.8 Å². The zero-order valence-corrected chi connectivity index (χ0v) is 17.4. The minimum Gasteiger partial charge on any atom is -0.447 e. The molecule has 0 unspecified atom stereocenters. The van der Waals surface area contributed by atoms with Crippen LogP contribution in [0.1, 0.15) is 25.0 Å². The van der Waals surface area contributed by atoms with Gasteiger partial charge in [-0.1, -0.05) is 74.5 Å². The molecule has 0 aromatic heterocycles. The van der Waals surface area contributed by atoms with Crippen LogP contribution in [0.25, 0.3) is 0 Å². The molecule has 0 saturated carbocycles. The Kier molecular flexibility index (Phi) is 7.60. The minimum atomic E-state index is -0.931. The van der Waals surface area contributed by atoms with Gasteiger partial charge in [-0.15, -0.1) is 0 Å². The van der Waals surface area contributed by atoms with Crippen LogP contribution in [0.3, 0.4) is 0 Å². The zero-order chi connectivity index (χ0) is 21.5. The number of amides is 2. The van der Waals surface area contributed by atoms with Gasteiger partial charge in [-0.25, -0.2) is 9.69 Å². The van der Waals surface area contributed by atoms with Crippen LogP contribution in [0.4, 0.5) is 4.79 Å². The van der Waals surface area contributed by atoms with E-state index in [1.807, 2.05) is 67.6 Å². The number of carbonyl (C=O) groups excluding carboxylic acids is 2. The molecule has 0 aliphatic carbocycles. The Morgan fingerprint density at radius 1 is 1.10 bits per heavy atom. The normalized spacial score (nSPS) is 19.2. The molecule has 160 valence electrons. The van der Waals surface area contributed by atoms with Crippen LogP contribution in [0.2, 0.25) is 0 Å². The Balaban J connectivity index is 1.56. The van der Waals surface area contributed by atoms with Crippen LogP contribution in [0.5, 0.6) is 0 Å². The molecule has 6 heteroatoms. The number of benzene rings is 2. The average molecular weight is 411 g/mol. The van der Waals surface area contributed by atoms with Crippen molar-refractivity contribution in [3.63, 3.8) is 0 Å². The lowest BCUT2D eigenvalue weighted by atomic mass is 9.92. The Hall–Kier alpha value is -2.70. The van der Waals surface area contributed by atoms with Gasteiger partial charge in [0.1, 0.15) is 6.61 Å². The second-order valence-electron chi connectivity index (χ2n) is 7.89. The third-order valence-corrected chi connectivity index (χ3v) is 5.49. The highest BCUT2D eigenvalue weighted by atomic mass is 16.6. The third kappa shape index (κ3) is 5.46. The van der Waals surface area contributed by atoms with E-state index in [1.54, 1.807) is 6.92 Å². The van der Waals surface area contributed by atoms with Crippen molar-refractivity contribution < 1.29 is 24.2 Å². The topological polar surface area (TPSA) is 76.1 Å². The largest absolute Gasteiger partial charge is 0.447 e. The maximum absolute atomic E-state index is 13.0. The second kappa shape index (κ2) is 10.4. The first kappa shape index (κ1) is 22.0. The molecule has 1 heterocycles. The summed E-state index contributed by atoms with van der Waals surface area (Å²) in [5.41, 5.74) is 2.07. The van der Waals surface area contributed by atoms with Crippen LogP contribution in [0.15, 0.2) is 60.7 Å². The fraction of sp³-hybridized carbons (Fsp3) is 0.417. The van der Waals surface area contributed by atoms with Gasteiger partial charge < -0.3 is 14.6 Å². The summed E-state index contributed by atoms with van der Waals surface area (Å²) in [6.45, 7) is 4.40. The van der Waals surface area contributed by atoms with Gasteiger partial charge in [0.15, 0.2) is 0 Å². The second-order valence-corrected chi connectivity index (χ2v) is 7.89. The Morgan fingerprint density at radius 3 is 2.33 bits per heavy atom. The van der Waals surface area contributed by atoms with Gasteiger partial charge in [-0.05, 0) is 17.5 Å². The molecule has 2 aromatic carbocycles. The standard InChI is InChI=1S/C24H29NO5/c1-17(14-29-15-20-11-7-4-8-12-20)22(26)18(2)23(27)25-21(16-30-24(25)28)13-19-9-5-3-6-10-19/h3-12,17-18,21-22,26H,13-16H2,1-2H3/t17-,18+,21+,22-/m1/s1. The molecule has 2 amide bonds. The number of cyclic esters (lactones) is 1. The van der Waals surface area contributed by atoms with Gasteiger partial charge in [0.25, 0.3) is 0 Å². The van der Waals surface area contributed by atoms with E-state index in [1.165, 1.54) is 4.90 Å². The lowest BCUT2D eigenvalue weighted by Gasteiger charge is -2.28. The van der Waals surface area contributed by atoms with Gasteiger partial charge in [-0.2, -0.15) is 0 Å². The Bertz CT molecular complexity index is 826. The zero-order valence-electron chi connectivity index (χ0n) is 17.4. The Labute approximate surface area is 177 Å². The van der Waals surface area contributed by atoms with Crippen molar-refractivity contribution in [3.8, 4) is 0 Å². The van der Waals surface area contributed by atoms with Crippen molar-refractivity contribution in [1.82, 2.24) is 4.90 Å². The summed E-state index contributed by atoms with van der Waals surface area (Å²) in [6, 6.07) is 19.1. The third-order valence-electron chi connectivity index (χ3n) is 5.49. The van der Waals surface area contributed by atoms with E-state index >= 15 is 0 Å². The highest BCUT2D eigenvalue weighted by Crippen LogP contribution is 2.23. The van der Waals surface area contributed by atoms with Crippen molar-refractivity contribution in [3.05, 3.63) is 71.8 Å². The molecule has 0 bridgehead atoms. The number of carbonyl (C=O) groups is 2. The number of aliphatic hydroxyl groups is 1. The van der Waals surface area contributed by atoms with Gasteiger partial charge in [0, 0.05) is 5.92 Å². The lowest BCUT2D eigenvalue weighted by Crippen LogP contribution is -2.47. The fourth-order valence-electron chi connectivity index (χ4n) is 3.66. The molecule has 1 saturated heterocycles. The number of hydrogen-bond donors (Lipinski definition) is 1. The number of aliphatic hydroxyl groups excluding tert-OH is 1. The number of ether oxygens (including phenoxy) is 2. The number of imide groups is 1. The van der Waals surface area contributed by atoms with Crippen molar-refractivity contribution >= 4 is 12.0 Å². The maximum atomic E-state index is 13.0. The number of hydrogen-bond acceptors (Lipinski definition) is 5. The van der Waals surface area contributed by atoms with Gasteiger partial charge in [-0.3, -0.25) is 4.79 Å². The summed E-state index contributed by atoms with van der Waals surface area (Å²) in [5, 5.41) is 10.7. The van der Waals surface area contributed by atoms with Crippen molar-refractivity contribution in [1.29, 1.82) is 0 Å². The average Bonchev–Trinajstić information content (AvgIpc) is 3.13. The first-order valence-corrected chi connectivity index (χ1v) is 10.3. The summed E-state index contributed by atoms with van der Waals surface area (Å²) < 4.78 is 10.8. The smallest absolute Gasteiger partial charge is 0.416 e. The molecule has 3 rings (SSSR count). The van der Waals surface area contributed by atoms with E-state index in [-0.39, 0.29) is 18.6 Å². The SMILES string of the molecule is C[C@H](COCc1ccccc1)[C@@H](O)[C@H](C)C(=O)N1C(=O)OC[C@@H]1Cc1ccccc1. The molecule has 1 fully saturated rings. The highest BCUT2D eigenvalue weighted by molar-refractivity contribution is 5.95. The molecule has 1 aliphatic rings. The molecule has 2 aromatic rings. The Morgan fingerprint density at radius 2 is 1.70 bits per heavy atom. The van der Waals surface area contributed by atoms with E-state index in [0.717, 1.165) is 11.1 Å². The molecule has 30 heavy (non-hydrogen) atoms. The van der Waals surface area contributed by atoms with E-state index in [2.05, 4.69) is 0 Å². The molecular weight excluding hydrogens is 382 g/mol. The first-order chi connectivity index (χ1) is 14.5. The number of nitrogens with zero attached hydrogens (tertiary/aromatic N) is 1. The van der Waals surface area contributed by atoms with Crippen molar-refractivity contribution in [2.24, 2.45) is 11.8 Å². The summed E-state index contributed by atoms with van der Waals surface area (Å²) in [4.78, 5) is 26.4. The van der Waals surface area contributed by atoms with E-state index in [9.17, 15) is 14.7 Å². The van der Waals surface area contributed by atoms with E-state index in [4.69, 9.17) is 9.47 Å². The summed E-state index contributed by atoms with van der Waals surface area (Å²) in [6.07, 6.45) is -1.05. The summed E-state index contributed by atoms with van der Waals surface area (Å²) in [5.74, 6) is -1.43. The molecular formula is C24H29NO5. The minimum absolute atomic E-state index is 0.165. The molecule has 6 nitrogen and oxygen atoms in total. The first-order valence-electron chi connectivity index (χ1n) is 10.3. The van der Waals surface area contributed by atoms with Crippen LogP contribution >= 0.6 is 0 Å². The van der Waals surface area contributed by atoms with Gasteiger partial charge >= 0.3 is 6.09 Å². The lowest BCUT2D eigenvalue weighted by molar-refractivity contribution is -0.138. The molecule has 0 spiro atoms. The summed E-state index contributed by atoms with van der Waals surface area (Å²) in [7, 11) is 0. The highest BCUT2D eigenvalue weighted by Gasteiger charge is 2.42. The molecule has 1 N–H and O–H groups in total. The van der Waals surface area contributed by atoms with E-state index in [0.29, 0.717) is 19.6 Å². The van der Waals surface area contributed by atoms with Gasteiger partial charge in [0.05, 0.1) is 31.3 Å². The molecule has 1 aliphatic heterocycles. The predicted octanol–water partition coefficient (Wildman–Crippen LogP) is 3.43.